The fourth-order valence-corrected chi connectivity index (χ4v) is 4.19. The Bertz CT molecular complexity index is 815. The Hall–Kier alpha value is -1.52. The minimum absolute atomic E-state index is 0.191. The molecule has 0 aliphatic heterocycles. The van der Waals surface area contributed by atoms with E-state index >= 15 is 0 Å². The molecule has 0 radical (unpaired) electrons. The Morgan fingerprint density at radius 3 is 2.64 bits per heavy atom. The molecule has 1 N–H and O–H groups in total. The lowest BCUT2D eigenvalue weighted by molar-refractivity contribution is 0.601. The van der Waals surface area contributed by atoms with E-state index < -0.39 is 10.0 Å². The van der Waals surface area contributed by atoms with Gasteiger partial charge in [-0.3, -0.25) is 4.72 Å². The third-order valence-corrected chi connectivity index (χ3v) is 5.86. The van der Waals surface area contributed by atoms with Crippen LogP contribution < -0.4 is 4.72 Å². The molecule has 22 heavy (non-hydrogen) atoms. The topological polar surface area (TPSA) is 46.2 Å². The second-order valence-corrected chi connectivity index (χ2v) is 7.76. The molecule has 0 unspecified atom stereocenters. The van der Waals surface area contributed by atoms with Crippen LogP contribution in [0.15, 0.2) is 41.3 Å². The molecular weight excluding hydrogens is 318 g/mol. The normalized spacial score (nSPS) is 14.5. The lowest BCUT2D eigenvalue weighted by Crippen LogP contribution is -2.16. The first-order valence-corrected chi connectivity index (χ1v) is 9.23. The van der Waals surface area contributed by atoms with Crippen LogP contribution in [0.2, 0.25) is 5.02 Å². The first kappa shape index (κ1) is 15.4. The van der Waals surface area contributed by atoms with Gasteiger partial charge in [-0.2, -0.15) is 0 Å². The van der Waals surface area contributed by atoms with Crippen molar-refractivity contribution >= 4 is 27.3 Å². The van der Waals surface area contributed by atoms with Gasteiger partial charge in [0.25, 0.3) is 10.0 Å². The summed E-state index contributed by atoms with van der Waals surface area (Å²) in [4.78, 5) is 0.191. The van der Waals surface area contributed by atoms with E-state index in [1.54, 1.807) is 12.1 Å². The summed E-state index contributed by atoms with van der Waals surface area (Å²) in [7, 11) is -3.62. The van der Waals surface area contributed by atoms with Crippen molar-refractivity contribution in [3.05, 3.63) is 58.1 Å². The number of hydrogen-bond acceptors (Lipinski definition) is 2. The van der Waals surface area contributed by atoms with Gasteiger partial charge < -0.3 is 0 Å². The summed E-state index contributed by atoms with van der Waals surface area (Å²) in [6.07, 6.45) is 4.20. The first-order valence-electron chi connectivity index (χ1n) is 7.37. The molecular formula is C17H18ClNO2S. The number of nitrogens with one attached hydrogen (secondary N) is 1. The van der Waals surface area contributed by atoms with Gasteiger partial charge in [0.1, 0.15) is 0 Å². The molecule has 0 saturated heterocycles. The van der Waals surface area contributed by atoms with Crippen LogP contribution in [0.25, 0.3) is 0 Å². The van der Waals surface area contributed by atoms with Gasteiger partial charge in [-0.1, -0.05) is 29.8 Å². The van der Waals surface area contributed by atoms with E-state index in [9.17, 15) is 8.42 Å². The van der Waals surface area contributed by atoms with E-state index in [2.05, 4.69) is 10.8 Å². The number of fused-ring (bicyclic) bond motifs is 1. The highest BCUT2D eigenvalue weighted by Gasteiger charge is 2.19. The number of aryl methyl sites for hydroxylation is 2. The number of hydrogen-bond donors (Lipinski definition) is 1. The van der Waals surface area contributed by atoms with Crippen LogP contribution in [0.1, 0.15) is 29.5 Å². The average molecular weight is 336 g/mol. The molecule has 3 nitrogen and oxygen atoms in total. The second-order valence-electron chi connectivity index (χ2n) is 5.67. The Balaban J connectivity index is 1.96. The van der Waals surface area contributed by atoms with Crippen LogP contribution in [-0.4, -0.2) is 8.42 Å². The maximum atomic E-state index is 12.6. The molecule has 0 atom stereocenters. The molecule has 0 fully saturated rings. The molecule has 1 aliphatic carbocycles. The predicted octanol–water partition coefficient (Wildman–Crippen LogP) is 4.33. The largest absolute Gasteiger partial charge is 0.279 e. The Morgan fingerprint density at radius 1 is 1.09 bits per heavy atom. The fraction of sp³-hybridized carbons (Fsp3) is 0.294. The fourth-order valence-electron chi connectivity index (χ4n) is 2.82. The van der Waals surface area contributed by atoms with Crippen molar-refractivity contribution in [2.24, 2.45) is 0 Å². The Kier molecular flexibility index (Phi) is 4.15. The molecule has 1 aliphatic rings. The Morgan fingerprint density at radius 2 is 1.86 bits per heavy atom. The number of halogens is 1. The van der Waals surface area contributed by atoms with Crippen LogP contribution in [0.3, 0.4) is 0 Å². The summed E-state index contributed by atoms with van der Waals surface area (Å²) in [6.45, 7) is 1.85. The molecule has 2 aromatic carbocycles. The van der Waals surface area contributed by atoms with Gasteiger partial charge in [0.05, 0.1) is 10.6 Å². The lowest BCUT2D eigenvalue weighted by atomic mass is 9.91. The molecule has 0 heterocycles. The minimum atomic E-state index is -3.62. The van der Waals surface area contributed by atoms with Crippen molar-refractivity contribution in [2.75, 3.05) is 4.72 Å². The number of anilines is 1. The molecule has 0 bridgehead atoms. The summed E-state index contributed by atoms with van der Waals surface area (Å²) in [6, 6.07) is 10.6. The number of benzene rings is 2. The maximum Gasteiger partial charge on any atom is 0.261 e. The molecule has 0 saturated carbocycles. The first-order chi connectivity index (χ1) is 10.5. The molecule has 0 spiro atoms. The molecule has 2 aromatic rings. The zero-order chi connectivity index (χ0) is 15.7. The van der Waals surface area contributed by atoms with Crippen LogP contribution >= 0.6 is 11.6 Å². The summed E-state index contributed by atoms with van der Waals surface area (Å²) < 4.78 is 27.9. The van der Waals surface area contributed by atoms with Gasteiger partial charge in [0.15, 0.2) is 0 Å². The van der Waals surface area contributed by atoms with E-state index in [0.717, 1.165) is 36.8 Å². The average Bonchev–Trinajstić information content (AvgIpc) is 2.50. The van der Waals surface area contributed by atoms with Crippen LogP contribution in [-0.2, 0) is 22.9 Å². The molecule has 0 amide bonds. The van der Waals surface area contributed by atoms with Crippen molar-refractivity contribution in [1.82, 2.24) is 0 Å². The van der Waals surface area contributed by atoms with E-state index in [4.69, 9.17) is 11.6 Å². The van der Waals surface area contributed by atoms with Gasteiger partial charge in [-0.15, -0.1) is 0 Å². The predicted molar refractivity (Wildman–Crippen MR) is 90.1 cm³/mol. The van der Waals surface area contributed by atoms with Gasteiger partial charge in [-0.25, -0.2) is 8.42 Å². The molecule has 0 aromatic heterocycles. The Labute approximate surface area is 136 Å². The summed E-state index contributed by atoms with van der Waals surface area (Å²) in [5.74, 6) is 0. The quantitative estimate of drug-likeness (QED) is 0.907. The van der Waals surface area contributed by atoms with Crippen molar-refractivity contribution < 1.29 is 8.42 Å². The summed E-state index contributed by atoms with van der Waals surface area (Å²) >= 11 is 6.05. The summed E-state index contributed by atoms with van der Waals surface area (Å²) in [5, 5.41) is 0.456. The van der Waals surface area contributed by atoms with Crippen LogP contribution in [0.5, 0.6) is 0 Å². The summed E-state index contributed by atoms with van der Waals surface area (Å²) in [5.41, 5.74) is 3.91. The highest BCUT2D eigenvalue weighted by atomic mass is 35.5. The van der Waals surface area contributed by atoms with E-state index in [1.165, 1.54) is 11.6 Å². The molecule has 3 rings (SSSR count). The van der Waals surface area contributed by atoms with Gasteiger partial charge >= 0.3 is 0 Å². The SMILES string of the molecule is Cc1ccc(S(=O)(=O)Nc2cccc3c2CCCC3)cc1Cl. The third-order valence-electron chi connectivity index (χ3n) is 4.09. The molecule has 5 heteroatoms. The van der Waals surface area contributed by atoms with Crippen LogP contribution in [0, 0.1) is 6.92 Å². The van der Waals surface area contributed by atoms with Gasteiger partial charge in [-0.05, 0) is 67.5 Å². The zero-order valence-electron chi connectivity index (χ0n) is 12.4. The van der Waals surface area contributed by atoms with Gasteiger partial charge in [0, 0.05) is 5.02 Å². The van der Waals surface area contributed by atoms with Crippen molar-refractivity contribution in [2.45, 2.75) is 37.5 Å². The van der Waals surface area contributed by atoms with Crippen molar-refractivity contribution in [3.8, 4) is 0 Å². The van der Waals surface area contributed by atoms with E-state index in [1.807, 2.05) is 19.1 Å². The smallest absolute Gasteiger partial charge is 0.261 e. The number of sulfonamides is 1. The van der Waals surface area contributed by atoms with Crippen LogP contribution in [0.4, 0.5) is 5.69 Å². The monoisotopic (exact) mass is 335 g/mol. The maximum absolute atomic E-state index is 12.6. The van der Waals surface area contributed by atoms with Gasteiger partial charge in [0.2, 0.25) is 0 Å². The number of rotatable bonds is 3. The van der Waals surface area contributed by atoms with Crippen molar-refractivity contribution in [1.29, 1.82) is 0 Å². The highest BCUT2D eigenvalue weighted by Crippen LogP contribution is 2.30. The van der Waals surface area contributed by atoms with E-state index in [-0.39, 0.29) is 4.90 Å². The lowest BCUT2D eigenvalue weighted by Gasteiger charge is -2.20. The zero-order valence-corrected chi connectivity index (χ0v) is 14.0. The minimum Gasteiger partial charge on any atom is -0.279 e. The third kappa shape index (κ3) is 2.99. The standard InChI is InChI=1S/C17H18ClNO2S/c1-12-9-10-14(11-16(12)18)22(20,21)19-17-8-4-6-13-5-2-3-7-15(13)17/h4,6,8-11,19H,2-3,5,7H2,1H3. The molecule has 116 valence electrons. The second kappa shape index (κ2) is 5.94. The van der Waals surface area contributed by atoms with E-state index in [0.29, 0.717) is 10.7 Å². The van der Waals surface area contributed by atoms with Crippen molar-refractivity contribution in [3.63, 3.8) is 0 Å². The highest BCUT2D eigenvalue weighted by molar-refractivity contribution is 7.92.